The Kier molecular flexibility index (Phi) is 5.68. The molecule has 6 aromatic rings. The molecule has 202 valence electrons. The smallest absolute Gasteiger partial charge is 0.164 e. The molecule has 0 aliphatic heterocycles. The van der Waals surface area contributed by atoms with E-state index in [1.807, 2.05) is 36.4 Å². The largest absolute Gasteiger partial charge is 0.208 e. The van der Waals surface area contributed by atoms with E-state index in [2.05, 4.69) is 92.7 Å². The van der Waals surface area contributed by atoms with Crippen LogP contribution in [-0.2, 0) is 18.3 Å². The molecule has 3 nitrogen and oxygen atoms in total. The van der Waals surface area contributed by atoms with E-state index in [0.717, 1.165) is 36.0 Å². The molecule has 42 heavy (non-hydrogen) atoms. The average Bonchev–Trinajstić information content (AvgIpc) is 3.31. The molecule has 1 heterocycles. The number of rotatable bonds is 4. The Labute approximate surface area is 247 Å². The van der Waals surface area contributed by atoms with Crippen LogP contribution >= 0.6 is 0 Å². The van der Waals surface area contributed by atoms with E-state index in [1.165, 1.54) is 44.5 Å². The molecular formula is C39H31N3. The molecule has 2 aliphatic carbocycles. The number of hydrogen-bond donors (Lipinski definition) is 0. The fourth-order valence-electron chi connectivity index (χ4n) is 6.89. The predicted octanol–water partition coefficient (Wildman–Crippen LogP) is 9.33. The van der Waals surface area contributed by atoms with Crippen molar-refractivity contribution in [3.8, 4) is 56.4 Å². The molecule has 0 saturated carbocycles. The fourth-order valence-corrected chi connectivity index (χ4v) is 6.89. The Morgan fingerprint density at radius 1 is 0.500 bits per heavy atom. The normalized spacial score (nSPS) is 16.3. The standard InChI is InChI=1S/C39H31N3/c1-3-39(2)34-23-29(38-41-36(26-13-6-4-7-14-26)40-37(42-38)27-15-8-5-9-16-27)20-21-31(34)33-22-28-19-18-25-12-10-11-17-30(25)32(28)24-35(33)39/h4-17,20-24H,3,18-19H2,1-2H3. The van der Waals surface area contributed by atoms with Crippen LogP contribution in [0.3, 0.4) is 0 Å². The zero-order valence-electron chi connectivity index (χ0n) is 23.9. The third-order valence-electron chi connectivity index (χ3n) is 9.38. The third kappa shape index (κ3) is 3.84. The topological polar surface area (TPSA) is 38.7 Å². The maximum absolute atomic E-state index is 5.01. The second kappa shape index (κ2) is 9.60. The highest BCUT2D eigenvalue weighted by molar-refractivity contribution is 5.88. The van der Waals surface area contributed by atoms with Gasteiger partial charge in [0.05, 0.1) is 0 Å². The molecule has 8 rings (SSSR count). The van der Waals surface area contributed by atoms with Gasteiger partial charge in [-0.1, -0.05) is 117 Å². The van der Waals surface area contributed by atoms with Crippen LogP contribution in [0.5, 0.6) is 0 Å². The number of fused-ring (bicyclic) bond motifs is 6. The summed E-state index contributed by atoms with van der Waals surface area (Å²) in [6.07, 6.45) is 3.20. The lowest BCUT2D eigenvalue weighted by molar-refractivity contribution is 0.564. The highest BCUT2D eigenvalue weighted by Crippen LogP contribution is 2.53. The maximum Gasteiger partial charge on any atom is 0.164 e. The summed E-state index contributed by atoms with van der Waals surface area (Å²) in [5.74, 6) is 2.08. The molecule has 3 heteroatoms. The minimum absolute atomic E-state index is 0.0976. The molecule has 2 aliphatic rings. The van der Waals surface area contributed by atoms with Crippen molar-refractivity contribution in [2.45, 2.75) is 38.5 Å². The number of aromatic nitrogens is 3. The zero-order valence-corrected chi connectivity index (χ0v) is 23.9. The summed E-state index contributed by atoms with van der Waals surface area (Å²) in [6.45, 7) is 4.71. The molecule has 1 aromatic heterocycles. The summed E-state index contributed by atoms with van der Waals surface area (Å²) in [7, 11) is 0. The molecule has 0 bridgehead atoms. The molecule has 1 unspecified atom stereocenters. The number of hydrogen-bond acceptors (Lipinski definition) is 3. The van der Waals surface area contributed by atoms with Gasteiger partial charge in [0, 0.05) is 22.1 Å². The lowest BCUT2D eigenvalue weighted by atomic mass is 9.75. The first-order valence-electron chi connectivity index (χ1n) is 14.9. The summed E-state index contributed by atoms with van der Waals surface area (Å²) >= 11 is 0. The van der Waals surface area contributed by atoms with E-state index in [9.17, 15) is 0 Å². The number of aryl methyl sites for hydroxylation is 2. The molecule has 1 atom stereocenters. The van der Waals surface area contributed by atoms with Crippen LogP contribution in [0, 0.1) is 0 Å². The molecule has 0 saturated heterocycles. The van der Waals surface area contributed by atoms with Crippen LogP contribution < -0.4 is 0 Å². The monoisotopic (exact) mass is 541 g/mol. The molecule has 0 amide bonds. The van der Waals surface area contributed by atoms with E-state index in [0.29, 0.717) is 17.5 Å². The van der Waals surface area contributed by atoms with Crippen molar-refractivity contribution in [3.63, 3.8) is 0 Å². The third-order valence-corrected chi connectivity index (χ3v) is 9.38. The quantitative estimate of drug-likeness (QED) is 0.223. The van der Waals surface area contributed by atoms with Gasteiger partial charge in [0.25, 0.3) is 0 Å². The Hall–Kier alpha value is -4.89. The molecule has 0 radical (unpaired) electrons. The van der Waals surface area contributed by atoms with Gasteiger partial charge >= 0.3 is 0 Å². The lowest BCUT2D eigenvalue weighted by Gasteiger charge is -2.28. The second-order valence-corrected chi connectivity index (χ2v) is 11.7. The van der Waals surface area contributed by atoms with Crippen molar-refractivity contribution in [1.82, 2.24) is 15.0 Å². The summed E-state index contributed by atoms with van der Waals surface area (Å²) < 4.78 is 0. The Bertz CT molecular complexity index is 1920. The number of benzene rings is 5. The average molecular weight is 542 g/mol. The fraction of sp³-hybridized carbons (Fsp3) is 0.154. The first kappa shape index (κ1) is 24.9. The van der Waals surface area contributed by atoms with Crippen molar-refractivity contribution in [2.75, 3.05) is 0 Å². The van der Waals surface area contributed by atoms with E-state index in [-0.39, 0.29) is 5.41 Å². The van der Waals surface area contributed by atoms with E-state index >= 15 is 0 Å². The maximum atomic E-state index is 5.01. The highest BCUT2D eigenvalue weighted by Gasteiger charge is 2.39. The predicted molar refractivity (Wildman–Crippen MR) is 171 cm³/mol. The summed E-state index contributed by atoms with van der Waals surface area (Å²) in [4.78, 5) is 14.9. The van der Waals surface area contributed by atoms with Gasteiger partial charge < -0.3 is 0 Å². The summed E-state index contributed by atoms with van der Waals surface area (Å²) in [5, 5.41) is 0. The summed E-state index contributed by atoms with van der Waals surface area (Å²) in [5.41, 5.74) is 14.1. The van der Waals surface area contributed by atoms with Gasteiger partial charge in [0.2, 0.25) is 0 Å². The van der Waals surface area contributed by atoms with E-state index in [1.54, 1.807) is 0 Å². The summed E-state index contributed by atoms with van der Waals surface area (Å²) in [6, 6.07) is 41.1. The van der Waals surface area contributed by atoms with E-state index in [4.69, 9.17) is 15.0 Å². The Morgan fingerprint density at radius 3 is 1.74 bits per heavy atom. The molecule has 0 fully saturated rings. The van der Waals surface area contributed by atoms with Crippen molar-refractivity contribution < 1.29 is 0 Å². The van der Waals surface area contributed by atoms with E-state index < -0.39 is 0 Å². The Balaban J connectivity index is 1.29. The SMILES string of the molecule is CCC1(C)c2cc(-c3nc(-c4ccccc4)nc(-c4ccccc4)n3)ccc2-c2cc3c(cc21)-c1ccccc1CC3. The van der Waals surface area contributed by atoms with Crippen LogP contribution in [0.25, 0.3) is 56.4 Å². The first-order valence-corrected chi connectivity index (χ1v) is 14.9. The molecular weight excluding hydrogens is 510 g/mol. The van der Waals surface area contributed by atoms with Crippen LogP contribution in [0.4, 0.5) is 0 Å². The molecule has 0 N–H and O–H groups in total. The van der Waals surface area contributed by atoms with Gasteiger partial charge in [-0.25, -0.2) is 15.0 Å². The minimum Gasteiger partial charge on any atom is -0.208 e. The van der Waals surface area contributed by atoms with Gasteiger partial charge in [0.1, 0.15) is 0 Å². The van der Waals surface area contributed by atoms with Gasteiger partial charge in [-0.3, -0.25) is 0 Å². The van der Waals surface area contributed by atoms with Gasteiger partial charge in [-0.2, -0.15) is 0 Å². The first-order chi connectivity index (χ1) is 20.6. The highest BCUT2D eigenvalue weighted by atomic mass is 15.0. The second-order valence-electron chi connectivity index (χ2n) is 11.7. The number of nitrogens with zero attached hydrogens (tertiary/aromatic N) is 3. The van der Waals surface area contributed by atoms with Crippen molar-refractivity contribution in [1.29, 1.82) is 0 Å². The van der Waals surface area contributed by atoms with Crippen molar-refractivity contribution >= 4 is 0 Å². The van der Waals surface area contributed by atoms with Crippen LogP contribution in [-0.4, -0.2) is 15.0 Å². The van der Waals surface area contributed by atoms with Crippen LogP contribution in [0.1, 0.15) is 42.5 Å². The van der Waals surface area contributed by atoms with Gasteiger partial charge in [0.15, 0.2) is 17.5 Å². The minimum atomic E-state index is -0.0976. The van der Waals surface area contributed by atoms with Gasteiger partial charge in [-0.05, 0) is 75.9 Å². The molecule has 0 spiro atoms. The zero-order chi connectivity index (χ0) is 28.3. The van der Waals surface area contributed by atoms with Gasteiger partial charge in [-0.15, -0.1) is 0 Å². The van der Waals surface area contributed by atoms with Crippen molar-refractivity contribution in [2.24, 2.45) is 0 Å². The Morgan fingerprint density at radius 2 is 1.07 bits per heavy atom. The van der Waals surface area contributed by atoms with Crippen LogP contribution in [0.2, 0.25) is 0 Å². The van der Waals surface area contributed by atoms with Crippen LogP contribution in [0.15, 0.2) is 115 Å². The lowest BCUT2D eigenvalue weighted by Crippen LogP contribution is -2.20. The molecule has 5 aromatic carbocycles. The van der Waals surface area contributed by atoms with Crippen molar-refractivity contribution in [3.05, 3.63) is 138 Å².